The number of carbonyl (C=O) groups is 1. The average molecular weight is 271 g/mol. The van der Waals surface area contributed by atoms with Gasteiger partial charge in [0.05, 0.1) is 24.9 Å². The predicted molar refractivity (Wildman–Crippen MR) is 74.7 cm³/mol. The number of rotatable bonds is 3. The number of nitrogens with zero attached hydrogens (tertiary/aromatic N) is 2. The lowest BCUT2D eigenvalue weighted by Crippen LogP contribution is -2.22. The number of hydrogen-bond acceptors (Lipinski definition) is 4. The average Bonchev–Trinajstić information content (AvgIpc) is 3.15. The van der Waals surface area contributed by atoms with Crippen molar-refractivity contribution in [2.75, 3.05) is 20.2 Å². The molecule has 2 atom stereocenters. The van der Waals surface area contributed by atoms with Crippen molar-refractivity contribution in [1.29, 1.82) is 0 Å². The standard InChI is InChI=1S/C15H17N3O2/c1-20-15(19)14-9-16-8-13(14)11-7-17-18(10-11)12-5-3-2-4-6-12/h2-7,10,13-14,16H,8-9H2,1H3. The molecule has 5 heteroatoms. The van der Waals surface area contributed by atoms with E-state index in [-0.39, 0.29) is 17.8 Å². The molecule has 2 unspecified atom stereocenters. The molecular formula is C15H17N3O2. The molecule has 0 saturated carbocycles. The largest absolute Gasteiger partial charge is 0.469 e. The summed E-state index contributed by atoms with van der Waals surface area (Å²) in [4.78, 5) is 11.8. The Morgan fingerprint density at radius 2 is 2.15 bits per heavy atom. The van der Waals surface area contributed by atoms with Crippen LogP contribution in [0.5, 0.6) is 0 Å². The highest BCUT2D eigenvalue weighted by Gasteiger charge is 2.35. The summed E-state index contributed by atoms with van der Waals surface area (Å²) >= 11 is 0. The van der Waals surface area contributed by atoms with Crippen LogP contribution in [0, 0.1) is 5.92 Å². The first kappa shape index (κ1) is 12.9. The van der Waals surface area contributed by atoms with Crippen LogP contribution in [0.2, 0.25) is 0 Å². The molecule has 2 aromatic rings. The summed E-state index contributed by atoms with van der Waals surface area (Å²) in [5.74, 6) is -0.166. The predicted octanol–water partition coefficient (Wildman–Crippen LogP) is 1.35. The van der Waals surface area contributed by atoms with Gasteiger partial charge in [-0.3, -0.25) is 4.79 Å². The van der Waals surface area contributed by atoms with Crippen molar-refractivity contribution in [1.82, 2.24) is 15.1 Å². The molecule has 2 heterocycles. The molecule has 104 valence electrons. The van der Waals surface area contributed by atoms with Gasteiger partial charge in [0.25, 0.3) is 0 Å². The lowest BCUT2D eigenvalue weighted by atomic mass is 9.91. The zero-order valence-electron chi connectivity index (χ0n) is 11.3. The van der Waals surface area contributed by atoms with Crippen LogP contribution in [-0.2, 0) is 9.53 Å². The Hall–Kier alpha value is -2.14. The lowest BCUT2D eigenvalue weighted by Gasteiger charge is -2.14. The van der Waals surface area contributed by atoms with Crippen LogP contribution in [0.3, 0.4) is 0 Å². The Balaban J connectivity index is 1.85. The molecule has 0 bridgehead atoms. The highest BCUT2D eigenvalue weighted by molar-refractivity contribution is 5.74. The van der Waals surface area contributed by atoms with Crippen LogP contribution < -0.4 is 5.32 Å². The van der Waals surface area contributed by atoms with E-state index in [9.17, 15) is 4.79 Å². The lowest BCUT2D eigenvalue weighted by molar-refractivity contribution is -0.145. The topological polar surface area (TPSA) is 56.1 Å². The fraction of sp³-hybridized carbons (Fsp3) is 0.333. The van der Waals surface area contributed by atoms with Gasteiger partial charge in [-0.1, -0.05) is 18.2 Å². The van der Waals surface area contributed by atoms with Crippen molar-refractivity contribution >= 4 is 5.97 Å². The quantitative estimate of drug-likeness (QED) is 0.856. The summed E-state index contributed by atoms with van der Waals surface area (Å²) in [5.41, 5.74) is 2.08. The van der Waals surface area contributed by atoms with Gasteiger partial charge in [0.2, 0.25) is 0 Å². The van der Waals surface area contributed by atoms with E-state index < -0.39 is 0 Å². The molecule has 0 amide bonds. The van der Waals surface area contributed by atoms with Crippen molar-refractivity contribution in [2.24, 2.45) is 5.92 Å². The first-order valence-corrected chi connectivity index (χ1v) is 6.68. The SMILES string of the molecule is COC(=O)C1CNCC1c1cnn(-c2ccccc2)c1. The summed E-state index contributed by atoms with van der Waals surface area (Å²) in [6.07, 6.45) is 3.82. The monoisotopic (exact) mass is 271 g/mol. The zero-order valence-corrected chi connectivity index (χ0v) is 11.3. The van der Waals surface area contributed by atoms with E-state index in [1.54, 1.807) is 0 Å². The van der Waals surface area contributed by atoms with E-state index in [0.29, 0.717) is 6.54 Å². The summed E-state index contributed by atoms with van der Waals surface area (Å²) in [6, 6.07) is 9.93. The molecule has 1 N–H and O–H groups in total. The van der Waals surface area contributed by atoms with E-state index in [4.69, 9.17) is 4.74 Å². The van der Waals surface area contributed by atoms with Crippen LogP contribution >= 0.6 is 0 Å². The van der Waals surface area contributed by atoms with Crippen LogP contribution in [0.25, 0.3) is 5.69 Å². The van der Waals surface area contributed by atoms with E-state index in [1.807, 2.05) is 47.4 Å². The maximum atomic E-state index is 11.8. The number of hydrogen-bond donors (Lipinski definition) is 1. The Kier molecular flexibility index (Phi) is 3.52. The molecule has 5 nitrogen and oxygen atoms in total. The van der Waals surface area contributed by atoms with Crippen molar-refractivity contribution in [3.63, 3.8) is 0 Å². The minimum absolute atomic E-state index is 0.125. The third-order valence-electron chi connectivity index (χ3n) is 3.77. The van der Waals surface area contributed by atoms with Crippen molar-refractivity contribution < 1.29 is 9.53 Å². The normalized spacial score (nSPS) is 21.9. The minimum Gasteiger partial charge on any atom is -0.469 e. The Morgan fingerprint density at radius 1 is 1.35 bits per heavy atom. The number of para-hydroxylation sites is 1. The van der Waals surface area contributed by atoms with Gasteiger partial charge in [-0.15, -0.1) is 0 Å². The minimum atomic E-state index is -0.160. The Morgan fingerprint density at radius 3 is 2.90 bits per heavy atom. The molecule has 0 aliphatic carbocycles. The second kappa shape index (κ2) is 5.46. The summed E-state index contributed by atoms with van der Waals surface area (Å²) < 4.78 is 6.71. The van der Waals surface area contributed by atoms with Gasteiger partial charge in [-0.25, -0.2) is 4.68 Å². The summed E-state index contributed by atoms with van der Waals surface area (Å²) in [7, 11) is 1.44. The smallest absolute Gasteiger partial charge is 0.310 e. The highest BCUT2D eigenvalue weighted by atomic mass is 16.5. The van der Waals surface area contributed by atoms with Crippen molar-refractivity contribution in [3.8, 4) is 5.69 Å². The van der Waals surface area contributed by atoms with Gasteiger partial charge < -0.3 is 10.1 Å². The maximum absolute atomic E-state index is 11.8. The van der Waals surface area contributed by atoms with Crippen molar-refractivity contribution in [2.45, 2.75) is 5.92 Å². The molecule has 1 aliphatic heterocycles. The fourth-order valence-corrected chi connectivity index (χ4v) is 2.68. The molecule has 1 saturated heterocycles. The fourth-order valence-electron chi connectivity index (χ4n) is 2.68. The Bertz CT molecular complexity index is 594. The van der Waals surface area contributed by atoms with E-state index in [1.165, 1.54) is 7.11 Å². The van der Waals surface area contributed by atoms with E-state index in [2.05, 4.69) is 10.4 Å². The molecule has 1 aromatic carbocycles. The molecule has 1 fully saturated rings. The van der Waals surface area contributed by atoms with Gasteiger partial charge >= 0.3 is 5.97 Å². The summed E-state index contributed by atoms with van der Waals surface area (Å²) in [6.45, 7) is 1.44. The number of aromatic nitrogens is 2. The molecule has 20 heavy (non-hydrogen) atoms. The van der Waals surface area contributed by atoms with Crippen LogP contribution in [0.15, 0.2) is 42.7 Å². The number of carbonyl (C=O) groups excluding carboxylic acids is 1. The Labute approximate surface area is 117 Å². The number of benzene rings is 1. The third-order valence-corrected chi connectivity index (χ3v) is 3.77. The molecule has 1 aliphatic rings. The van der Waals surface area contributed by atoms with E-state index in [0.717, 1.165) is 17.8 Å². The number of ether oxygens (including phenoxy) is 1. The molecule has 0 radical (unpaired) electrons. The molecule has 1 aromatic heterocycles. The van der Waals surface area contributed by atoms with E-state index >= 15 is 0 Å². The second-order valence-corrected chi connectivity index (χ2v) is 4.95. The highest BCUT2D eigenvalue weighted by Crippen LogP contribution is 2.29. The molecule has 0 spiro atoms. The molecule has 3 rings (SSSR count). The van der Waals surface area contributed by atoms with Gasteiger partial charge in [0.15, 0.2) is 0 Å². The maximum Gasteiger partial charge on any atom is 0.310 e. The third kappa shape index (κ3) is 2.32. The second-order valence-electron chi connectivity index (χ2n) is 4.95. The van der Waals surface area contributed by atoms with Gasteiger partial charge in [0, 0.05) is 25.2 Å². The first-order valence-electron chi connectivity index (χ1n) is 6.68. The van der Waals surface area contributed by atoms with Gasteiger partial charge in [-0.05, 0) is 17.7 Å². The van der Waals surface area contributed by atoms with Gasteiger partial charge in [0.1, 0.15) is 0 Å². The van der Waals surface area contributed by atoms with Crippen LogP contribution in [-0.4, -0.2) is 35.9 Å². The van der Waals surface area contributed by atoms with Gasteiger partial charge in [-0.2, -0.15) is 5.10 Å². The number of esters is 1. The van der Waals surface area contributed by atoms with Crippen LogP contribution in [0.4, 0.5) is 0 Å². The van der Waals surface area contributed by atoms with Crippen LogP contribution in [0.1, 0.15) is 11.5 Å². The molecular weight excluding hydrogens is 254 g/mol. The first-order chi connectivity index (χ1) is 9.79. The number of nitrogens with one attached hydrogen (secondary N) is 1. The van der Waals surface area contributed by atoms with Crippen molar-refractivity contribution in [3.05, 3.63) is 48.3 Å². The summed E-state index contributed by atoms with van der Waals surface area (Å²) in [5, 5.41) is 7.63. The number of methoxy groups -OCH3 is 1. The zero-order chi connectivity index (χ0) is 13.9.